The van der Waals surface area contributed by atoms with E-state index in [0.717, 1.165) is 5.56 Å². The molecule has 0 N–H and O–H groups in total. The molecule has 0 spiro atoms. The smallest absolute Gasteiger partial charge is 0.258 e. The molecule has 0 saturated heterocycles. The van der Waals surface area contributed by atoms with Gasteiger partial charge in [-0.05, 0) is 12.5 Å². The van der Waals surface area contributed by atoms with Gasteiger partial charge in [0.25, 0.3) is 5.69 Å². The van der Waals surface area contributed by atoms with E-state index in [9.17, 15) is 10.1 Å². The van der Waals surface area contributed by atoms with Gasteiger partial charge in [0.15, 0.2) is 0 Å². The Morgan fingerprint density at radius 2 is 2.00 bits per heavy atom. The van der Waals surface area contributed by atoms with Gasteiger partial charge in [0, 0.05) is 18.1 Å². The van der Waals surface area contributed by atoms with E-state index in [0.29, 0.717) is 5.56 Å². The molecule has 1 aromatic rings. The van der Waals surface area contributed by atoms with E-state index < -0.39 is 4.92 Å². The molecule has 3 nitrogen and oxygen atoms in total. The van der Waals surface area contributed by atoms with Crippen LogP contribution >= 0.6 is 34.8 Å². The maximum Gasteiger partial charge on any atom is 0.273 e. The van der Waals surface area contributed by atoms with Gasteiger partial charge >= 0.3 is 0 Å². The van der Waals surface area contributed by atoms with E-state index in [2.05, 4.69) is 0 Å². The van der Waals surface area contributed by atoms with Gasteiger partial charge in [0.1, 0.15) is 4.49 Å². The number of aryl methyl sites for hydroxylation is 1. The lowest BCUT2D eigenvalue weighted by Crippen LogP contribution is -1.96. The van der Waals surface area contributed by atoms with E-state index in [4.69, 9.17) is 34.8 Å². The summed E-state index contributed by atoms with van der Waals surface area (Å²) >= 11 is 16.7. The van der Waals surface area contributed by atoms with Gasteiger partial charge < -0.3 is 0 Å². The summed E-state index contributed by atoms with van der Waals surface area (Å²) < 4.78 is -0.0726. The Morgan fingerprint density at radius 3 is 2.50 bits per heavy atom. The third kappa shape index (κ3) is 3.37. The zero-order valence-corrected chi connectivity index (χ0v) is 10.6. The van der Waals surface area contributed by atoms with Crippen molar-refractivity contribution in [1.82, 2.24) is 0 Å². The molecular weight excluding hydrogens is 272 g/mol. The molecule has 0 aliphatic carbocycles. The second-order valence-corrected chi connectivity index (χ2v) is 4.64. The Morgan fingerprint density at radius 1 is 1.38 bits per heavy atom. The normalized spacial score (nSPS) is 10.0. The maximum atomic E-state index is 10.8. The first-order valence-electron chi connectivity index (χ1n) is 4.35. The molecule has 16 heavy (non-hydrogen) atoms. The molecule has 0 radical (unpaired) electrons. The fraction of sp³-hybridized carbons (Fsp3) is 0.200. The average Bonchev–Trinajstić information content (AvgIpc) is 2.20. The lowest BCUT2D eigenvalue weighted by Gasteiger charge is -2.03. The van der Waals surface area contributed by atoms with Crippen molar-refractivity contribution in [2.75, 3.05) is 0 Å². The van der Waals surface area contributed by atoms with Crippen LogP contribution in [0.3, 0.4) is 0 Å². The number of allylic oxidation sites excluding steroid dienone is 1. The Labute approximate surface area is 108 Å². The van der Waals surface area contributed by atoms with Crippen molar-refractivity contribution in [2.45, 2.75) is 13.3 Å². The monoisotopic (exact) mass is 279 g/mol. The van der Waals surface area contributed by atoms with Crippen LogP contribution in [0.4, 0.5) is 5.69 Å². The lowest BCUT2D eigenvalue weighted by molar-refractivity contribution is -0.385. The Kier molecular flexibility index (Phi) is 4.59. The molecule has 0 bridgehead atoms. The third-order valence-corrected chi connectivity index (χ3v) is 2.96. The molecule has 1 rings (SSSR count). The van der Waals surface area contributed by atoms with Gasteiger partial charge in [-0.15, -0.1) is 0 Å². The second-order valence-electron chi connectivity index (χ2n) is 3.23. The molecule has 0 atom stereocenters. The van der Waals surface area contributed by atoms with Crippen molar-refractivity contribution in [3.63, 3.8) is 0 Å². The molecule has 0 fully saturated rings. The highest BCUT2D eigenvalue weighted by atomic mass is 35.5. The number of nitro benzene ring substituents is 1. The van der Waals surface area contributed by atoms with Crippen LogP contribution in [0, 0.1) is 17.0 Å². The summed E-state index contributed by atoms with van der Waals surface area (Å²) in [4.78, 5) is 10.4. The van der Waals surface area contributed by atoms with Gasteiger partial charge in [-0.25, -0.2) is 0 Å². The van der Waals surface area contributed by atoms with E-state index in [-0.39, 0.29) is 21.6 Å². The predicted molar refractivity (Wildman–Crippen MR) is 66.1 cm³/mol. The lowest BCUT2D eigenvalue weighted by atomic mass is 10.1. The number of rotatable bonds is 3. The van der Waals surface area contributed by atoms with Crippen molar-refractivity contribution >= 4 is 40.5 Å². The highest BCUT2D eigenvalue weighted by Gasteiger charge is 2.15. The van der Waals surface area contributed by atoms with Crippen LogP contribution in [0.5, 0.6) is 0 Å². The first-order chi connectivity index (χ1) is 7.41. The first-order valence-corrected chi connectivity index (χ1v) is 5.48. The van der Waals surface area contributed by atoms with Gasteiger partial charge in [-0.3, -0.25) is 10.1 Å². The highest BCUT2D eigenvalue weighted by molar-refractivity contribution is 6.59. The van der Waals surface area contributed by atoms with E-state index in [1.807, 2.05) is 0 Å². The molecule has 0 unspecified atom stereocenters. The topological polar surface area (TPSA) is 43.1 Å². The Bertz CT molecular complexity index is 453. The van der Waals surface area contributed by atoms with Crippen LogP contribution in [0.25, 0.3) is 0 Å². The number of nitrogens with zero attached hydrogens (tertiary/aromatic N) is 1. The largest absolute Gasteiger partial charge is 0.273 e. The zero-order chi connectivity index (χ0) is 12.3. The minimum absolute atomic E-state index is 0.0210. The minimum atomic E-state index is -0.450. The van der Waals surface area contributed by atoms with Crippen LogP contribution in [-0.4, -0.2) is 4.92 Å². The Balaban J connectivity index is 3.14. The molecular formula is C10H8Cl3NO2. The van der Waals surface area contributed by atoms with Crippen molar-refractivity contribution in [1.29, 1.82) is 0 Å². The molecule has 1 aromatic carbocycles. The molecule has 0 heterocycles. The van der Waals surface area contributed by atoms with Crippen LogP contribution in [0.15, 0.2) is 27.7 Å². The molecule has 0 saturated carbocycles. The molecule has 0 aromatic heterocycles. The molecule has 6 heteroatoms. The number of hydrogen-bond donors (Lipinski definition) is 0. The highest BCUT2D eigenvalue weighted by Crippen LogP contribution is 2.27. The van der Waals surface area contributed by atoms with E-state index >= 15 is 0 Å². The minimum Gasteiger partial charge on any atom is -0.258 e. The molecule has 0 aliphatic heterocycles. The van der Waals surface area contributed by atoms with Gasteiger partial charge in [-0.2, -0.15) is 0 Å². The van der Waals surface area contributed by atoms with Crippen molar-refractivity contribution in [3.05, 3.63) is 49.0 Å². The average molecular weight is 281 g/mol. The van der Waals surface area contributed by atoms with Gasteiger partial charge in [0.2, 0.25) is 0 Å². The van der Waals surface area contributed by atoms with Crippen LogP contribution in [0.2, 0.25) is 0 Å². The predicted octanol–water partition coefficient (Wildman–Crippen LogP) is 4.33. The summed E-state index contributed by atoms with van der Waals surface area (Å²) in [6.45, 7) is 1.78. The quantitative estimate of drug-likeness (QED) is 0.611. The van der Waals surface area contributed by atoms with Crippen LogP contribution in [-0.2, 0) is 6.42 Å². The molecule has 0 amide bonds. The summed E-state index contributed by atoms with van der Waals surface area (Å²) in [6, 6.07) is 4.91. The third-order valence-electron chi connectivity index (χ3n) is 1.99. The van der Waals surface area contributed by atoms with Crippen LogP contribution in [0.1, 0.15) is 11.1 Å². The van der Waals surface area contributed by atoms with E-state index in [1.54, 1.807) is 19.1 Å². The number of halogens is 3. The van der Waals surface area contributed by atoms with Crippen molar-refractivity contribution in [2.24, 2.45) is 0 Å². The maximum absolute atomic E-state index is 10.8. The molecule has 86 valence electrons. The summed E-state index contributed by atoms with van der Waals surface area (Å²) in [5.41, 5.74) is 1.32. The fourth-order valence-corrected chi connectivity index (χ4v) is 1.50. The van der Waals surface area contributed by atoms with E-state index in [1.165, 1.54) is 6.07 Å². The molecule has 0 aliphatic rings. The summed E-state index contributed by atoms with van der Waals surface area (Å²) in [5, 5.41) is 11.0. The SMILES string of the molecule is Cc1ccc(CC(Cl)=C(Cl)Cl)c([N+](=O)[O-])c1. The van der Waals surface area contributed by atoms with Gasteiger partial charge in [-0.1, -0.05) is 46.9 Å². The summed E-state index contributed by atoms with van der Waals surface area (Å²) in [6.07, 6.45) is 0.153. The first kappa shape index (κ1) is 13.3. The summed E-state index contributed by atoms with van der Waals surface area (Å²) in [5.74, 6) is 0. The Hall–Kier alpha value is -0.770. The standard InChI is InChI=1S/C10H8Cl3NO2/c1-6-2-3-7(5-8(11)10(12)13)9(4-6)14(15)16/h2-4H,5H2,1H3. The fourth-order valence-electron chi connectivity index (χ4n) is 1.23. The summed E-state index contributed by atoms with van der Waals surface area (Å²) in [7, 11) is 0. The van der Waals surface area contributed by atoms with Crippen molar-refractivity contribution < 1.29 is 4.92 Å². The van der Waals surface area contributed by atoms with Gasteiger partial charge in [0.05, 0.1) is 9.96 Å². The number of nitro groups is 1. The van der Waals surface area contributed by atoms with Crippen LogP contribution < -0.4 is 0 Å². The van der Waals surface area contributed by atoms with Crippen molar-refractivity contribution in [3.8, 4) is 0 Å². The zero-order valence-electron chi connectivity index (χ0n) is 8.34. The number of benzene rings is 1. The number of hydrogen-bond acceptors (Lipinski definition) is 2. The second kappa shape index (κ2) is 5.53.